The summed E-state index contributed by atoms with van der Waals surface area (Å²) < 4.78 is 8.00. The molecule has 1 saturated heterocycles. The fourth-order valence-corrected chi connectivity index (χ4v) is 5.41. The molecule has 7 nitrogen and oxygen atoms in total. The molecule has 7 heteroatoms. The third-order valence-electron chi connectivity index (χ3n) is 7.60. The van der Waals surface area contributed by atoms with Crippen molar-refractivity contribution in [2.75, 3.05) is 6.61 Å². The smallest absolute Gasteiger partial charge is 0.328 e. The lowest BCUT2D eigenvalue weighted by Gasteiger charge is -2.23. The second kappa shape index (κ2) is 12.7. The lowest BCUT2D eigenvalue weighted by atomic mass is 9.94. The summed E-state index contributed by atoms with van der Waals surface area (Å²) in [6.07, 6.45) is 17.1. The van der Waals surface area contributed by atoms with Crippen LogP contribution in [0.5, 0.6) is 0 Å². The topological polar surface area (TPSA) is 90.1 Å². The Hall–Kier alpha value is -4.88. The summed E-state index contributed by atoms with van der Waals surface area (Å²) in [4.78, 5) is 19.2. The number of hydrogen-bond acceptors (Lipinski definition) is 5. The van der Waals surface area contributed by atoms with E-state index in [9.17, 15) is 4.79 Å². The first-order valence-corrected chi connectivity index (χ1v) is 14.3. The maximum atomic E-state index is 11.0. The molecule has 1 aliphatic heterocycles. The molecule has 0 aliphatic carbocycles. The molecular formula is C35H32N4O3. The summed E-state index contributed by atoms with van der Waals surface area (Å²) in [5.41, 5.74) is 8.58. The molecule has 3 aromatic carbocycles. The predicted molar refractivity (Wildman–Crippen MR) is 165 cm³/mol. The van der Waals surface area contributed by atoms with Gasteiger partial charge in [-0.25, -0.2) is 19.4 Å². The van der Waals surface area contributed by atoms with Crippen LogP contribution < -0.4 is 0 Å². The molecular weight excluding hydrogens is 524 g/mol. The quantitative estimate of drug-likeness (QED) is 0.191. The number of benzene rings is 3. The number of aromatic nitrogens is 4. The van der Waals surface area contributed by atoms with Crippen molar-refractivity contribution >= 4 is 28.5 Å². The maximum Gasteiger partial charge on any atom is 0.328 e. The van der Waals surface area contributed by atoms with E-state index < -0.39 is 5.97 Å². The van der Waals surface area contributed by atoms with Crippen LogP contribution in [0.2, 0.25) is 0 Å². The van der Waals surface area contributed by atoms with E-state index in [0.717, 1.165) is 89.1 Å². The predicted octanol–water partition coefficient (Wildman–Crippen LogP) is 7.35. The summed E-state index contributed by atoms with van der Waals surface area (Å²) >= 11 is 0. The van der Waals surface area contributed by atoms with Gasteiger partial charge in [0.2, 0.25) is 0 Å². The first-order chi connectivity index (χ1) is 20.6. The highest BCUT2D eigenvalue weighted by Gasteiger charge is 2.19. The lowest BCUT2D eigenvalue weighted by molar-refractivity contribution is -0.131. The number of fused-ring (bicyclic) bond motifs is 1. The Morgan fingerprint density at radius 3 is 2.45 bits per heavy atom. The lowest BCUT2D eigenvalue weighted by Crippen LogP contribution is -2.18. The molecule has 1 aliphatic rings. The SMILES string of the molecule is O=C(O)C=Cc1ccc(/C(=C\CCc2ccc(-c3cncnc3)cc2)c2ccc3c(cnn3C3CCCCO3)c2)cc1. The highest BCUT2D eigenvalue weighted by Crippen LogP contribution is 2.31. The maximum absolute atomic E-state index is 11.0. The zero-order valence-electron chi connectivity index (χ0n) is 23.3. The average molecular weight is 557 g/mol. The Morgan fingerprint density at radius 2 is 1.71 bits per heavy atom. The number of carboxylic acid groups (broad SMARTS) is 1. The van der Waals surface area contributed by atoms with Gasteiger partial charge in [0.25, 0.3) is 0 Å². The number of rotatable bonds is 9. The fraction of sp³-hybridized carbons (Fsp3) is 0.200. The molecule has 3 heterocycles. The van der Waals surface area contributed by atoms with Gasteiger partial charge >= 0.3 is 5.97 Å². The first-order valence-electron chi connectivity index (χ1n) is 14.3. The summed E-state index contributed by atoms with van der Waals surface area (Å²) in [5, 5.41) is 14.7. The average Bonchev–Trinajstić information content (AvgIpc) is 3.47. The molecule has 5 aromatic rings. The van der Waals surface area contributed by atoms with Gasteiger partial charge < -0.3 is 9.84 Å². The molecule has 0 bridgehead atoms. The Bertz CT molecular complexity index is 1720. The zero-order valence-corrected chi connectivity index (χ0v) is 23.3. The Morgan fingerprint density at radius 1 is 0.929 bits per heavy atom. The van der Waals surface area contributed by atoms with Crippen LogP contribution in [0.3, 0.4) is 0 Å². The number of nitrogens with zero attached hydrogens (tertiary/aromatic N) is 4. The Labute approximate surface area is 244 Å². The van der Waals surface area contributed by atoms with E-state index in [1.807, 2.05) is 47.5 Å². The van der Waals surface area contributed by atoms with Crippen LogP contribution in [-0.4, -0.2) is 37.4 Å². The normalized spacial score (nSPS) is 15.8. The van der Waals surface area contributed by atoms with Gasteiger partial charge in [-0.05, 0) is 83.7 Å². The minimum Gasteiger partial charge on any atom is -0.478 e. The third-order valence-corrected chi connectivity index (χ3v) is 7.60. The summed E-state index contributed by atoms with van der Waals surface area (Å²) in [6.45, 7) is 0.776. The molecule has 0 radical (unpaired) electrons. The van der Waals surface area contributed by atoms with Crippen molar-refractivity contribution in [1.82, 2.24) is 19.7 Å². The van der Waals surface area contributed by atoms with Crippen molar-refractivity contribution < 1.29 is 14.6 Å². The van der Waals surface area contributed by atoms with E-state index in [1.54, 1.807) is 6.08 Å². The van der Waals surface area contributed by atoms with E-state index in [-0.39, 0.29) is 6.23 Å². The van der Waals surface area contributed by atoms with E-state index in [1.165, 1.54) is 11.9 Å². The molecule has 210 valence electrons. The van der Waals surface area contributed by atoms with E-state index >= 15 is 0 Å². The highest BCUT2D eigenvalue weighted by atomic mass is 16.5. The third kappa shape index (κ3) is 6.37. The van der Waals surface area contributed by atoms with Gasteiger partial charge in [0.05, 0.1) is 11.7 Å². The summed E-state index contributed by atoms with van der Waals surface area (Å²) in [5.74, 6) is -0.961. The zero-order chi connectivity index (χ0) is 28.7. The highest BCUT2D eigenvalue weighted by molar-refractivity contribution is 5.88. The van der Waals surface area contributed by atoms with Crippen molar-refractivity contribution in [1.29, 1.82) is 0 Å². The van der Waals surface area contributed by atoms with Crippen LogP contribution in [0.15, 0.2) is 104 Å². The minimum absolute atomic E-state index is 0.00989. The minimum atomic E-state index is -0.961. The summed E-state index contributed by atoms with van der Waals surface area (Å²) in [6, 6.07) is 23.0. The van der Waals surface area contributed by atoms with Crippen LogP contribution in [0.4, 0.5) is 0 Å². The van der Waals surface area contributed by atoms with Gasteiger partial charge in [0.1, 0.15) is 6.33 Å². The van der Waals surface area contributed by atoms with Gasteiger partial charge in [-0.15, -0.1) is 0 Å². The molecule has 1 unspecified atom stereocenters. The number of allylic oxidation sites excluding steroid dienone is 1. The number of aliphatic carboxylic acids is 1. The second-order valence-corrected chi connectivity index (χ2v) is 10.5. The fourth-order valence-electron chi connectivity index (χ4n) is 5.41. The number of carboxylic acids is 1. The van der Waals surface area contributed by atoms with Gasteiger partial charge in [0, 0.05) is 36.0 Å². The molecule has 1 N–H and O–H groups in total. The van der Waals surface area contributed by atoms with Gasteiger partial charge in [-0.1, -0.05) is 60.7 Å². The standard InChI is InChI=1S/C35H32N4O3/c40-35(41)18-11-26-9-14-28(15-10-26)32(5-3-4-25-7-12-27(13-8-25)31-21-36-24-37-22-31)29-16-17-33-30(20-29)23-38-39(33)34-6-1-2-19-42-34/h5,7-18,20-24,34H,1-4,6,19H2,(H,40,41)/b18-11?,32-5+. The largest absolute Gasteiger partial charge is 0.478 e. The summed E-state index contributed by atoms with van der Waals surface area (Å²) in [7, 11) is 0. The first kappa shape index (κ1) is 27.3. The van der Waals surface area contributed by atoms with Crippen LogP contribution in [0.25, 0.3) is 33.7 Å². The Balaban J connectivity index is 1.27. The number of ether oxygens (including phenoxy) is 1. The van der Waals surface area contributed by atoms with Crippen LogP contribution in [0, 0.1) is 0 Å². The van der Waals surface area contributed by atoms with Crippen LogP contribution in [-0.2, 0) is 16.0 Å². The van der Waals surface area contributed by atoms with Crippen molar-refractivity contribution in [3.8, 4) is 11.1 Å². The molecule has 0 spiro atoms. The molecule has 6 rings (SSSR count). The number of aryl methyl sites for hydroxylation is 1. The van der Waals surface area contributed by atoms with E-state index in [4.69, 9.17) is 9.84 Å². The molecule has 0 saturated carbocycles. The van der Waals surface area contributed by atoms with E-state index in [0.29, 0.717) is 0 Å². The van der Waals surface area contributed by atoms with Crippen molar-refractivity contribution in [3.05, 3.63) is 126 Å². The van der Waals surface area contributed by atoms with Crippen molar-refractivity contribution in [2.24, 2.45) is 0 Å². The van der Waals surface area contributed by atoms with Gasteiger partial charge in [-0.2, -0.15) is 5.10 Å². The van der Waals surface area contributed by atoms with Crippen molar-refractivity contribution in [2.45, 2.75) is 38.3 Å². The molecule has 42 heavy (non-hydrogen) atoms. The molecule has 1 atom stereocenters. The molecule has 2 aromatic heterocycles. The van der Waals surface area contributed by atoms with Crippen LogP contribution >= 0.6 is 0 Å². The van der Waals surface area contributed by atoms with Gasteiger partial charge in [0.15, 0.2) is 6.23 Å². The van der Waals surface area contributed by atoms with Crippen molar-refractivity contribution in [3.63, 3.8) is 0 Å². The van der Waals surface area contributed by atoms with Crippen LogP contribution in [0.1, 0.15) is 54.2 Å². The number of hydrogen-bond donors (Lipinski definition) is 1. The van der Waals surface area contributed by atoms with Gasteiger partial charge in [-0.3, -0.25) is 0 Å². The molecule has 1 fully saturated rings. The number of carbonyl (C=O) groups is 1. The second-order valence-electron chi connectivity index (χ2n) is 10.5. The molecule has 0 amide bonds. The Kier molecular flexibility index (Phi) is 8.28. The van der Waals surface area contributed by atoms with E-state index in [2.05, 4.69) is 63.6 Å². The monoisotopic (exact) mass is 556 g/mol.